The van der Waals surface area contributed by atoms with Gasteiger partial charge in [0.25, 0.3) is 0 Å². The van der Waals surface area contributed by atoms with Crippen molar-refractivity contribution in [2.45, 2.75) is 24.9 Å². The van der Waals surface area contributed by atoms with Crippen molar-refractivity contribution in [3.63, 3.8) is 0 Å². The molecule has 0 bridgehead atoms. The molecule has 5 aromatic carbocycles. The minimum absolute atomic E-state index is 0.643. The highest BCUT2D eigenvalue weighted by molar-refractivity contribution is 6.31. The Bertz CT molecular complexity index is 1920. The molecule has 6 heteroatoms. The average molecular weight is 619 g/mol. The lowest BCUT2D eigenvalue weighted by atomic mass is 9.76. The number of nitrogens with zero attached hydrogens (tertiary/aromatic N) is 2. The van der Waals surface area contributed by atoms with Crippen LogP contribution in [0.2, 0.25) is 10.0 Å². The number of hydrogen-bond donors (Lipinski definition) is 1. The molecule has 0 aliphatic carbocycles. The van der Waals surface area contributed by atoms with E-state index >= 15 is 0 Å². The van der Waals surface area contributed by atoms with E-state index in [9.17, 15) is 0 Å². The third-order valence-electron chi connectivity index (χ3n) is 8.73. The SMILES string of the molecule is COc1ccc2nc3cc(Cl)ccc3c(NC(c3ccccc3)(c3ccc(Cl)cc3)c3ccc(CN4CCCC4)cc3)c2c1. The molecule has 1 aliphatic heterocycles. The van der Waals surface area contributed by atoms with E-state index in [2.05, 4.69) is 83.0 Å². The van der Waals surface area contributed by atoms with Gasteiger partial charge in [-0.3, -0.25) is 4.90 Å². The fourth-order valence-corrected chi connectivity index (χ4v) is 6.80. The molecule has 4 nitrogen and oxygen atoms in total. The predicted octanol–water partition coefficient (Wildman–Crippen LogP) is 9.70. The molecular formula is C38H33Cl2N3O. The lowest BCUT2D eigenvalue weighted by Crippen LogP contribution is -2.38. The first-order valence-electron chi connectivity index (χ1n) is 15.0. The summed E-state index contributed by atoms with van der Waals surface area (Å²) in [6, 6.07) is 39.7. The topological polar surface area (TPSA) is 37.4 Å². The van der Waals surface area contributed by atoms with Crippen LogP contribution in [-0.4, -0.2) is 30.1 Å². The summed E-state index contributed by atoms with van der Waals surface area (Å²) in [6.07, 6.45) is 2.55. The molecule has 1 saturated heterocycles. The van der Waals surface area contributed by atoms with Gasteiger partial charge >= 0.3 is 0 Å². The summed E-state index contributed by atoms with van der Waals surface area (Å²) in [5.74, 6) is 0.763. The van der Waals surface area contributed by atoms with Crippen molar-refractivity contribution >= 4 is 50.7 Å². The molecule has 2 heterocycles. The molecule has 1 N–H and O–H groups in total. The van der Waals surface area contributed by atoms with Crippen molar-refractivity contribution in [2.75, 3.05) is 25.5 Å². The van der Waals surface area contributed by atoms with Crippen LogP contribution < -0.4 is 10.1 Å². The van der Waals surface area contributed by atoms with Crippen LogP contribution in [0.4, 0.5) is 5.69 Å². The second-order valence-corrected chi connectivity index (χ2v) is 12.3. The van der Waals surface area contributed by atoms with Gasteiger partial charge in [-0.15, -0.1) is 0 Å². The number of anilines is 1. The first kappa shape index (κ1) is 28.7. The van der Waals surface area contributed by atoms with Crippen LogP contribution in [0.25, 0.3) is 21.8 Å². The van der Waals surface area contributed by atoms with Gasteiger partial charge in [-0.1, -0.05) is 89.9 Å². The highest BCUT2D eigenvalue weighted by atomic mass is 35.5. The van der Waals surface area contributed by atoms with E-state index in [0.29, 0.717) is 10.0 Å². The zero-order valence-electron chi connectivity index (χ0n) is 24.6. The van der Waals surface area contributed by atoms with Crippen molar-refractivity contribution in [3.8, 4) is 5.75 Å². The van der Waals surface area contributed by atoms with Gasteiger partial charge in [0.2, 0.25) is 0 Å². The van der Waals surface area contributed by atoms with Crippen LogP contribution in [0, 0.1) is 0 Å². The van der Waals surface area contributed by atoms with Crippen molar-refractivity contribution in [3.05, 3.63) is 148 Å². The largest absolute Gasteiger partial charge is 0.497 e. The first-order valence-corrected chi connectivity index (χ1v) is 15.8. The van der Waals surface area contributed by atoms with E-state index in [1.165, 1.54) is 18.4 Å². The van der Waals surface area contributed by atoms with E-state index in [4.69, 9.17) is 32.9 Å². The van der Waals surface area contributed by atoms with Crippen LogP contribution in [0.3, 0.4) is 0 Å². The molecule has 0 amide bonds. The summed E-state index contributed by atoms with van der Waals surface area (Å²) < 4.78 is 5.68. The van der Waals surface area contributed by atoms with Crippen LogP contribution in [0.15, 0.2) is 115 Å². The maximum Gasteiger partial charge on any atom is 0.119 e. The summed E-state index contributed by atoms with van der Waals surface area (Å²) in [5.41, 5.74) is 6.43. The van der Waals surface area contributed by atoms with Crippen LogP contribution in [0.1, 0.15) is 35.1 Å². The summed E-state index contributed by atoms with van der Waals surface area (Å²) in [7, 11) is 1.69. The van der Waals surface area contributed by atoms with Gasteiger partial charge in [-0.25, -0.2) is 4.98 Å². The number of rotatable bonds is 8. The molecule has 1 aliphatic rings. The number of hydrogen-bond acceptors (Lipinski definition) is 4. The normalized spacial score (nSPS) is 15.0. The second-order valence-electron chi connectivity index (χ2n) is 11.5. The first-order chi connectivity index (χ1) is 21.5. The van der Waals surface area contributed by atoms with Gasteiger partial charge in [0, 0.05) is 27.4 Å². The Hall–Kier alpha value is -4.09. The monoisotopic (exact) mass is 617 g/mol. The Morgan fingerprint density at radius 1 is 0.705 bits per heavy atom. The molecule has 220 valence electrons. The standard InChI is InChI=1S/C38H33Cl2N3O/c1-44-32-18-20-35-34(24-32)37(33-19-17-31(40)23-36(33)41-35)42-38(27-7-3-2-4-8-27,29-13-15-30(39)16-14-29)28-11-9-26(10-12-28)25-43-21-5-6-22-43/h2-4,7-20,23-24H,5-6,21-22,25H2,1H3,(H,41,42). The third kappa shape index (κ3) is 5.39. The maximum absolute atomic E-state index is 6.48. The number of aromatic nitrogens is 1. The van der Waals surface area contributed by atoms with Crippen LogP contribution in [0.5, 0.6) is 5.75 Å². The zero-order chi connectivity index (χ0) is 30.1. The number of benzene rings is 5. The van der Waals surface area contributed by atoms with Gasteiger partial charge in [-0.05, 0) is 96.7 Å². The molecule has 1 aromatic heterocycles. The van der Waals surface area contributed by atoms with Gasteiger partial charge in [0.15, 0.2) is 0 Å². The highest BCUT2D eigenvalue weighted by Gasteiger charge is 2.37. The van der Waals surface area contributed by atoms with Gasteiger partial charge in [-0.2, -0.15) is 0 Å². The number of ether oxygens (including phenoxy) is 1. The third-order valence-corrected chi connectivity index (χ3v) is 9.22. The molecule has 1 atom stereocenters. The zero-order valence-corrected chi connectivity index (χ0v) is 26.1. The Kier molecular flexibility index (Phi) is 7.90. The molecule has 1 unspecified atom stereocenters. The number of halogens is 2. The summed E-state index contributed by atoms with van der Waals surface area (Å²) in [6.45, 7) is 3.29. The lowest BCUT2D eigenvalue weighted by molar-refractivity contribution is 0.331. The second kappa shape index (κ2) is 12.1. The molecule has 6 aromatic rings. The van der Waals surface area contributed by atoms with Gasteiger partial charge < -0.3 is 10.1 Å². The van der Waals surface area contributed by atoms with Gasteiger partial charge in [0.05, 0.1) is 23.8 Å². The Morgan fingerprint density at radius 3 is 2.07 bits per heavy atom. The van der Waals surface area contributed by atoms with Crippen molar-refractivity contribution < 1.29 is 4.74 Å². The molecule has 7 rings (SSSR count). The minimum Gasteiger partial charge on any atom is -0.497 e. The fraction of sp³-hybridized carbons (Fsp3) is 0.184. The number of fused-ring (bicyclic) bond motifs is 2. The number of nitrogens with one attached hydrogen (secondary N) is 1. The van der Waals surface area contributed by atoms with Gasteiger partial charge in [0.1, 0.15) is 11.3 Å². The Balaban J connectivity index is 1.50. The molecular weight excluding hydrogens is 585 g/mol. The Labute approximate surface area is 268 Å². The van der Waals surface area contributed by atoms with Crippen molar-refractivity contribution in [1.82, 2.24) is 9.88 Å². The predicted molar refractivity (Wildman–Crippen MR) is 183 cm³/mol. The van der Waals surface area contributed by atoms with Crippen molar-refractivity contribution in [1.29, 1.82) is 0 Å². The summed E-state index contributed by atoms with van der Waals surface area (Å²) in [4.78, 5) is 7.53. The van der Waals surface area contributed by atoms with E-state index in [-0.39, 0.29) is 0 Å². The lowest BCUT2D eigenvalue weighted by Gasteiger charge is -2.38. The van der Waals surface area contributed by atoms with Crippen molar-refractivity contribution in [2.24, 2.45) is 0 Å². The number of likely N-dealkylation sites (tertiary alicyclic amines) is 1. The average Bonchev–Trinajstić information content (AvgIpc) is 3.57. The van der Waals surface area contributed by atoms with E-state index < -0.39 is 5.54 Å². The molecule has 0 radical (unpaired) electrons. The molecule has 1 fully saturated rings. The molecule has 44 heavy (non-hydrogen) atoms. The molecule has 0 saturated carbocycles. The quantitative estimate of drug-likeness (QED) is 0.136. The van der Waals surface area contributed by atoms with E-state index in [1.54, 1.807) is 7.11 Å². The van der Waals surface area contributed by atoms with Crippen LogP contribution in [-0.2, 0) is 12.1 Å². The maximum atomic E-state index is 6.48. The van der Waals surface area contributed by atoms with Crippen LogP contribution >= 0.6 is 23.2 Å². The number of methoxy groups -OCH3 is 1. The fourth-order valence-electron chi connectivity index (χ4n) is 6.51. The summed E-state index contributed by atoms with van der Waals surface area (Å²) >= 11 is 12.9. The highest BCUT2D eigenvalue weighted by Crippen LogP contribution is 2.44. The minimum atomic E-state index is -0.776. The smallest absolute Gasteiger partial charge is 0.119 e. The summed E-state index contributed by atoms with van der Waals surface area (Å²) in [5, 5.41) is 7.38. The Morgan fingerprint density at radius 2 is 1.36 bits per heavy atom. The molecule has 0 spiro atoms. The number of pyridine rings is 1. The van der Waals surface area contributed by atoms with E-state index in [1.807, 2.05) is 42.5 Å². The van der Waals surface area contributed by atoms with E-state index in [0.717, 1.165) is 69.6 Å².